The molecule has 0 saturated heterocycles. The fourth-order valence-electron chi connectivity index (χ4n) is 13.4. The molecule has 392 valence electrons. The van der Waals surface area contributed by atoms with Crippen LogP contribution in [-0.2, 0) is 5.41 Å². The third kappa shape index (κ3) is 7.11. The summed E-state index contributed by atoms with van der Waals surface area (Å²) in [5.41, 5.74) is 20.8. The Labute approximate surface area is 479 Å². The molecule has 6 heterocycles. The molecule has 0 bridgehead atoms. The van der Waals surface area contributed by atoms with E-state index in [2.05, 4.69) is 299 Å². The molecular formula is C76H52N6O. The predicted octanol–water partition coefficient (Wildman–Crippen LogP) is 18.8. The molecule has 16 aromatic rings. The third-order valence-corrected chi connectivity index (χ3v) is 17.2. The van der Waals surface area contributed by atoms with Gasteiger partial charge in [-0.1, -0.05) is 178 Å². The van der Waals surface area contributed by atoms with Crippen molar-refractivity contribution in [2.75, 3.05) is 0 Å². The molecule has 7 heteroatoms. The molecule has 1 aliphatic rings. The van der Waals surface area contributed by atoms with Crippen molar-refractivity contribution in [1.29, 1.82) is 0 Å². The zero-order chi connectivity index (χ0) is 55.1. The van der Waals surface area contributed by atoms with Crippen LogP contribution >= 0.6 is 0 Å². The lowest BCUT2D eigenvalue weighted by Gasteiger charge is -2.21. The molecule has 7 nitrogen and oxygen atoms in total. The summed E-state index contributed by atoms with van der Waals surface area (Å²) in [4.78, 5) is 4.95. The molecule has 0 N–H and O–H groups in total. The Morgan fingerprint density at radius 1 is 0.373 bits per heavy atom. The molecule has 0 unspecified atom stereocenters. The van der Waals surface area contributed by atoms with Gasteiger partial charge in [-0.15, -0.1) is 0 Å². The van der Waals surface area contributed by atoms with E-state index in [0.717, 1.165) is 106 Å². The standard InChI is InChI=1S/C76H52N6O/c1-76(2,3)48-41-42-77-73(43-48)82-69-34-15-10-27-60(69)61-40-38-52(46-72(61)82)83-51-20-16-19-49(44-51)78-47-79-74-62(28-17-35-70(74)78)54-22-5-4-21-53(54)55-39-37-50(80-65-30-11-6-23-56(65)57-24-7-12-31-66(57)80)45-64(55)63-29-18-36-71(75(63)79)81-67-32-13-8-25-58(67)59-26-9-14-33-68(59)81/h4-46H,1-3H3. The molecular weight excluding hydrogens is 1010 g/mol. The summed E-state index contributed by atoms with van der Waals surface area (Å²) in [6.45, 7) is 6.73. The van der Waals surface area contributed by atoms with Crippen molar-refractivity contribution in [2.45, 2.75) is 26.2 Å². The average molecular weight is 1070 g/mol. The smallest absolute Gasteiger partial charge is 0.269 e. The van der Waals surface area contributed by atoms with Gasteiger partial charge in [-0.2, -0.15) is 0 Å². The number of pyridine rings is 1. The summed E-state index contributed by atoms with van der Waals surface area (Å²) in [6, 6.07) is 92.3. The molecule has 0 saturated carbocycles. The monoisotopic (exact) mass is 1060 g/mol. The molecule has 0 atom stereocenters. The second kappa shape index (κ2) is 17.9. The Kier molecular flexibility index (Phi) is 10.1. The lowest BCUT2D eigenvalue weighted by atomic mass is 9.88. The Bertz CT molecular complexity index is 5260. The summed E-state index contributed by atoms with van der Waals surface area (Å²) >= 11 is 0. The van der Waals surface area contributed by atoms with E-state index >= 15 is 0 Å². The molecule has 0 radical (unpaired) electrons. The minimum absolute atomic E-state index is 0.0399. The van der Waals surface area contributed by atoms with E-state index in [-0.39, 0.29) is 5.41 Å². The van der Waals surface area contributed by atoms with Gasteiger partial charge in [-0.05, 0) is 135 Å². The van der Waals surface area contributed by atoms with Gasteiger partial charge in [0.15, 0.2) is 0 Å². The zero-order valence-electron chi connectivity index (χ0n) is 45.9. The summed E-state index contributed by atoms with van der Waals surface area (Å²) in [5.74, 6) is 2.31. The van der Waals surface area contributed by atoms with Crippen molar-refractivity contribution in [3.8, 4) is 73.4 Å². The normalized spacial score (nSPS) is 12.3. The van der Waals surface area contributed by atoms with Crippen molar-refractivity contribution in [2.24, 2.45) is 0 Å². The van der Waals surface area contributed by atoms with Crippen LogP contribution in [0.1, 0.15) is 26.3 Å². The number of rotatable bonds is 6. The molecule has 0 fully saturated rings. The van der Waals surface area contributed by atoms with Gasteiger partial charge in [0.25, 0.3) is 6.33 Å². The third-order valence-electron chi connectivity index (χ3n) is 17.2. The van der Waals surface area contributed by atoms with Crippen molar-refractivity contribution in [3.05, 3.63) is 273 Å². The molecule has 1 aliphatic heterocycles. The summed E-state index contributed by atoms with van der Waals surface area (Å²) in [5, 5.41) is 7.16. The lowest BCUT2D eigenvalue weighted by molar-refractivity contribution is -0.571. The van der Waals surface area contributed by atoms with Gasteiger partial charge in [0, 0.05) is 50.3 Å². The van der Waals surface area contributed by atoms with Crippen molar-refractivity contribution < 1.29 is 9.30 Å². The Balaban J connectivity index is 0.899. The van der Waals surface area contributed by atoms with E-state index in [1.165, 1.54) is 43.5 Å². The number of fused-ring (bicyclic) bond motifs is 16. The van der Waals surface area contributed by atoms with Crippen molar-refractivity contribution >= 4 is 76.5 Å². The van der Waals surface area contributed by atoms with E-state index in [0.29, 0.717) is 5.75 Å². The van der Waals surface area contributed by atoms with Gasteiger partial charge in [-0.3, -0.25) is 13.7 Å². The first-order valence-electron chi connectivity index (χ1n) is 28.4. The molecule has 0 spiro atoms. The topological polar surface area (TPSA) is 45.7 Å². The van der Waals surface area contributed by atoms with Gasteiger partial charge in [0.05, 0.1) is 61.2 Å². The Morgan fingerprint density at radius 2 is 0.892 bits per heavy atom. The highest BCUT2D eigenvalue weighted by Gasteiger charge is 2.29. The van der Waals surface area contributed by atoms with Crippen LogP contribution < -0.4 is 9.30 Å². The van der Waals surface area contributed by atoms with Gasteiger partial charge in [-0.25, -0.2) is 4.98 Å². The summed E-state index contributed by atoms with van der Waals surface area (Å²) in [6.07, 6.45) is 5.99. The van der Waals surface area contributed by atoms with Gasteiger partial charge < -0.3 is 13.9 Å². The fraction of sp³-hybridized carbons (Fsp3) is 0.0526. The maximum atomic E-state index is 6.97. The highest BCUT2D eigenvalue weighted by Crippen LogP contribution is 2.47. The van der Waals surface area contributed by atoms with Gasteiger partial charge >= 0.3 is 0 Å². The van der Waals surface area contributed by atoms with Crippen LogP contribution in [0.25, 0.3) is 138 Å². The number of para-hydroxylation sites is 7. The van der Waals surface area contributed by atoms with Gasteiger partial charge in [0.1, 0.15) is 17.3 Å². The molecule has 11 aromatic carbocycles. The predicted molar refractivity (Wildman–Crippen MR) is 340 cm³/mol. The number of aromatic nitrogens is 6. The maximum Gasteiger partial charge on any atom is 0.269 e. The lowest BCUT2D eigenvalue weighted by Crippen LogP contribution is -2.32. The average Bonchev–Trinajstić information content (AvgIpc) is 2.09. The largest absolute Gasteiger partial charge is 0.458 e. The van der Waals surface area contributed by atoms with Crippen molar-refractivity contribution in [3.63, 3.8) is 0 Å². The maximum absolute atomic E-state index is 6.97. The molecule has 0 aliphatic carbocycles. The molecule has 83 heavy (non-hydrogen) atoms. The van der Waals surface area contributed by atoms with Gasteiger partial charge in [0.2, 0.25) is 0 Å². The SMILES string of the molecule is CC(C)(C)c1ccnc(-n2c3ccccc3c3ccc(Oc4cccc(-n5[c-][n+]6c7c(cccc75)-c5ccccc5-c5ccc(-n7c8ccccc8c8ccccc87)cc5-c5cccc(-n7c8ccccc8c8ccccc87)c5-6)c4)cc32)c1. The van der Waals surface area contributed by atoms with E-state index in [1.807, 2.05) is 12.3 Å². The number of imidazole rings is 1. The first-order valence-corrected chi connectivity index (χ1v) is 28.4. The minimum atomic E-state index is -0.0399. The van der Waals surface area contributed by atoms with Crippen molar-refractivity contribution in [1.82, 2.24) is 23.3 Å². The zero-order valence-corrected chi connectivity index (χ0v) is 45.9. The quantitative estimate of drug-likeness (QED) is 0.123. The van der Waals surface area contributed by atoms with E-state index in [1.54, 1.807) is 0 Å². The van der Waals surface area contributed by atoms with Crippen LogP contribution in [0.3, 0.4) is 0 Å². The first-order chi connectivity index (χ1) is 40.8. The number of ether oxygens (including phenoxy) is 1. The van der Waals surface area contributed by atoms with E-state index < -0.39 is 0 Å². The van der Waals surface area contributed by atoms with Crippen LogP contribution in [0.15, 0.2) is 261 Å². The van der Waals surface area contributed by atoms with Crippen LogP contribution in [-0.4, -0.2) is 23.3 Å². The fourth-order valence-corrected chi connectivity index (χ4v) is 13.4. The molecule has 5 aromatic heterocycles. The number of hydrogen-bond acceptors (Lipinski definition) is 2. The highest BCUT2D eigenvalue weighted by molar-refractivity contribution is 6.12. The van der Waals surface area contributed by atoms with Crippen LogP contribution in [0.2, 0.25) is 0 Å². The number of hydrogen-bond donors (Lipinski definition) is 0. The Hall–Kier alpha value is -10.8. The van der Waals surface area contributed by atoms with E-state index in [4.69, 9.17) is 9.72 Å². The number of benzene rings is 11. The summed E-state index contributed by atoms with van der Waals surface area (Å²) < 4.78 is 18.7. The first kappa shape index (κ1) is 47.1. The molecule has 17 rings (SSSR count). The minimum Gasteiger partial charge on any atom is -0.458 e. The van der Waals surface area contributed by atoms with Crippen LogP contribution in [0, 0.1) is 6.33 Å². The van der Waals surface area contributed by atoms with Crippen LogP contribution in [0.4, 0.5) is 0 Å². The second-order valence-corrected chi connectivity index (χ2v) is 22.9. The Morgan fingerprint density at radius 3 is 1.55 bits per heavy atom. The van der Waals surface area contributed by atoms with Crippen LogP contribution in [0.5, 0.6) is 11.5 Å². The number of nitrogens with zero attached hydrogens (tertiary/aromatic N) is 6. The second-order valence-electron chi connectivity index (χ2n) is 22.9. The highest BCUT2D eigenvalue weighted by atomic mass is 16.5. The summed E-state index contributed by atoms with van der Waals surface area (Å²) in [7, 11) is 0. The molecule has 0 amide bonds. The van der Waals surface area contributed by atoms with E-state index in [9.17, 15) is 0 Å².